The molecule has 112 valence electrons. The third-order valence-electron chi connectivity index (χ3n) is 5.01. The molecule has 1 aromatic carbocycles. The second-order valence-electron chi connectivity index (χ2n) is 6.19. The van der Waals surface area contributed by atoms with Crippen molar-refractivity contribution >= 4 is 16.1 Å². The number of hydrogen-bond acceptors (Lipinski definition) is 3. The van der Waals surface area contributed by atoms with Gasteiger partial charge in [0.2, 0.25) is 10.0 Å². The molecule has 3 fully saturated rings. The highest BCUT2D eigenvalue weighted by atomic mass is 32.2. The lowest BCUT2D eigenvalue weighted by Crippen LogP contribution is -2.29. The summed E-state index contributed by atoms with van der Waals surface area (Å²) in [7, 11) is -3.32. The molecular formula is C16H19NO3S. The highest BCUT2D eigenvalue weighted by molar-refractivity contribution is 7.92. The van der Waals surface area contributed by atoms with E-state index in [2.05, 4.69) is 0 Å². The molecule has 3 aliphatic rings. The van der Waals surface area contributed by atoms with Crippen molar-refractivity contribution in [1.29, 1.82) is 0 Å². The minimum Gasteiger partial charge on any atom is -0.374 e. The highest BCUT2D eigenvalue weighted by Crippen LogP contribution is 2.47. The largest absolute Gasteiger partial charge is 0.374 e. The van der Waals surface area contributed by atoms with Crippen LogP contribution in [0.1, 0.15) is 18.4 Å². The molecule has 0 saturated carbocycles. The maximum atomic E-state index is 12.5. The SMILES string of the molecule is O=S(=O)(/C=C/c1ccccc1)N1CC2C3CCC(O3)C2C1. The van der Waals surface area contributed by atoms with E-state index < -0.39 is 10.0 Å². The summed E-state index contributed by atoms with van der Waals surface area (Å²) in [4.78, 5) is 0. The maximum Gasteiger partial charge on any atom is 0.236 e. The Morgan fingerprint density at radius 3 is 2.29 bits per heavy atom. The van der Waals surface area contributed by atoms with Crippen LogP contribution in [0.2, 0.25) is 0 Å². The predicted molar refractivity (Wildman–Crippen MR) is 80.8 cm³/mol. The molecule has 4 nitrogen and oxygen atoms in total. The molecule has 3 aliphatic heterocycles. The van der Waals surface area contributed by atoms with Gasteiger partial charge in [-0.25, -0.2) is 8.42 Å². The molecule has 21 heavy (non-hydrogen) atoms. The number of benzene rings is 1. The van der Waals surface area contributed by atoms with Gasteiger partial charge >= 0.3 is 0 Å². The Balaban J connectivity index is 1.50. The Hall–Kier alpha value is -1.17. The van der Waals surface area contributed by atoms with E-state index in [-0.39, 0.29) is 0 Å². The van der Waals surface area contributed by atoms with Gasteiger partial charge in [-0.05, 0) is 24.5 Å². The van der Waals surface area contributed by atoms with Crippen LogP contribution in [0.4, 0.5) is 0 Å². The Labute approximate surface area is 125 Å². The maximum absolute atomic E-state index is 12.5. The smallest absolute Gasteiger partial charge is 0.236 e. The van der Waals surface area contributed by atoms with E-state index in [0.717, 1.165) is 18.4 Å². The lowest BCUT2D eigenvalue weighted by atomic mass is 9.82. The molecule has 3 heterocycles. The van der Waals surface area contributed by atoms with Crippen molar-refractivity contribution in [3.8, 4) is 0 Å². The van der Waals surface area contributed by atoms with Crippen molar-refractivity contribution < 1.29 is 13.2 Å². The van der Waals surface area contributed by atoms with Crippen LogP contribution >= 0.6 is 0 Å². The van der Waals surface area contributed by atoms with Crippen molar-refractivity contribution in [3.05, 3.63) is 41.3 Å². The molecule has 2 bridgehead atoms. The fourth-order valence-electron chi connectivity index (χ4n) is 3.94. The topological polar surface area (TPSA) is 46.6 Å². The molecule has 5 heteroatoms. The highest BCUT2D eigenvalue weighted by Gasteiger charge is 2.54. The summed E-state index contributed by atoms with van der Waals surface area (Å²) in [5.41, 5.74) is 0.906. The normalized spacial score (nSPS) is 35.6. The Kier molecular flexibility index (Phi) is 3.17. The first-order chi connectivity index (χ1) is 10.1. The van der Waals surface area contributed by atoms with Crippen LogP contribution in [-0.4, -0.2) is 38.0 Å². The first-order valence-corrected chi connectivity index (χ1v) is 9.02. The van der Waals surface area contributed by atoms with Gasteiger partial charge in [0.05, 0.1) is 12.2 Å². The third-order valence-corrected chi connectivity index (χ3v) is 6.51. The first-order valence-electron chi connectivity index (χ1n) is 7.52. The van der Waals surface area contributed by atoms with Gasteiger partial charge in [-0.1, -0.05) is 30.3 Å². The van der Waals surface area contributed by atoms with Gasteiger partial charge in [0, 0.05) is 30.3 Å². The number of ether oxygens (including phenoxy) is 1. The van der Waals surface area contributed by atoms with Crippen LogP contribution in [0.5, 0.6) is 0 Å². The van der Waals surface area contributed by atoms with Gasteiger partial charge in [-0.2, -0.15) is 4.31 Å². The minimum atomic E-state index is -3.32. The molecule has 1 aromatic rings. The van der Waals surface area contributed by atoms with Gasteiger partial charge in [0.25, 0.3) is 0 Å². The standard InChI is InChI=1S/C16H19NO3S/c18-21(19,9-8-12-4-2-1-3-5-12)17-10-13-14(11-17)16-7-6-15(13)20-16/h1-5,8-9,13-16H,6-7,10-11H2/b9-8+. The van der Waals surface area contributed by atoms with Gasteiger partial charge in [-0.3, -0.25) is 0 Å². The second kappa shape index (κ2) is 4.93. The first kappa shape index (κ1) is 13.5. The third kappa shape index (κ3) is 2.33. The van der Waals surface area contributed by atoms with Gasteiger partial charge in [0.15, 0.2) is 0 Å². The Morgan fingerprint density at radius 2 is 1.67 bits per heavy atom. The summed E-state index contributed by atoms with van der Waals surface area (Å²) < 4.78 is 32.5. The second-order valence-corrected chi connectivity index (χ2v) is 8.01. The summed E-state index contributed by atoms with van der Waals surface area (Å²) in [5, 5.41) is 1.34. The van der Waals surface area contributed by atoms with Gasteiger partial charge < -0.3 is 4.74 Å². The monoisotopic (exact) mass is 305 g/mol. The lowest BCUT2D eigenvalue weighted by molar-refractivity contribution is 0.0780. The Morgan fingerprint density at radius 1 is 1.05 bits per heavy atom. The zero-order chi connectivity index (χ0) is 14.4. The van der Waals surface area contributed by atoms with E-state index in [0.29, 0.717) is 37.1 Å². The molecule has 0 amide bonds. The molecule has 0 spiro atoms. The number of fused-ring (bicyclic) bond motifs is 5. The fraction of sp³-hybridized carbons (Fsp3) is 0.500. The molecule has 4 unspecified atom stereocenters. The summed E-state index contributed by atoms with van der Waals surface area (Å²) in [6.45, 7) is 1.24. The van der Waals surface area contributed by atoms with Crippen LogP contribution < -0.4 is 0 Å². The zero-order valence-electron chi connectivity index (χ0n) is 11.8. The number of hydrogen-bond donors (Lipinski definition) is 0. The average molecular weight is 305 g/mol. The molecule has 0 N–H and O–H groups in total. The van der Waals surface area contributed by atoms with E-state index in [1.54, 1.807) is 10.4 Å². The molecule has 4 rings (SSSR count). The average Bonchev–Trinajstić information content (AvgIpc) is 3.18. The lowest BCUT2D eigenvalue weighted by Gasteiger charge is -2.18. The van der Waals surface area contributed by atoms with Crippen molar-refractivity contribution in [1.82, 2.24) is 4.31 Å². The number of rotatable bonds is 3. The minimum absolute atomic E-state index is 0.290. The van der Waals surface area contributed by atoms with E-state index in [4.69, 9.17) is 4.74 Å². The predicted octanol–water partition coefficient (Wildman–Crippen LogP) is 2.10. The molecule has 0 aromatic heterocycles. The van der Waals surface area contributed by atoms with Crippen LogP contribution in [0, 0.1) is 11.8 Å². The number of sulfonamides is 1. The van der Waals surface area contributed by atoms with Crippen LogP contribution in [0.3, 0.4) is 0 Å². The van der Waals surface area contributed by atoms with Crippen molar-refractivity contribution in [2.75, 3.05) is 13.1 Å². The van der Waals surface area contributed by atoms with Crippen LogP contribution in [0.15, 0.2) is 35.7 Å². The van der Waals surface area contributed by atoms with E-state index in [1.165, 1.54) is 5.41 Å². The summed E-state index contributed by atoms with van der Waals surface area (Å²) in [5.74, 6) is 0.812. The fourth-order valence-corrected chi connectivity index (χ4v) is 5.20. The Bertz CT molecular complexity index is 637. The molecule has 0 aliphatic carbocycles. The molecular weight excluding hydrogens is 286 g/mol. The molecule has 3 saturated heterocycles. The number of nitrogens with zero attached hydrogens (tertiary/aromatic N) is 1. The van der Waals surface area contributed by atoms with Crippen LogP contribution in [-0.2, 0) is 14.8 Å². The van der Waals surface area contributed by atoms with Crippen molar-refractivity contribution in [2.24, 2.45) is 11.8 Å². The van der Waals surface area contributed by atoms with Crippen LogP contribution in [0.25, 0.3) is 6.08 Å². The molecule has 0 radical (unpaired) electrons. The molecule has 4 atom stereocenters. The van der Waals surface area contributed by atoms with Crippen molar-refractivity contribution in [3.63, 3.8) is 0 Å². The summed E-state index contributed by atoms with van der Waals surface area (Å²) in [6, 6.07) is 9.53. The summed E-state index contributed by atoms with van der Waals surface area (Å²) >= 11 is 0. The summed E-state index contributed by atoms with van der Waals surface area (Å²) in [6.07, 6.45) is 4.45. The van der Waals surface area contributed by atoms with E-state index in [1.807, 2.05) is 30.3 Å². The quantitative estimate of drug-likeness (QED) is 0.859. The van der Waals surface area contributed by atoms with Gasteiger partial charge in [-0.15, -0.1) is 0 Å². The van der Waals surface area contributed by atoms with Crippen molar-refractivity contribution in [2.45, 2.75) is 25.0 Å². The van der Waals surface area contributed by atoms with Gasteiger partial charge in [0.1, 0.15) is 0 Å². The van der Waals surface area contributed by atoms with E-state index in [9.17, 15) is 8.42 Å². The van der Waals surface area contributed by atoms with E-state index >= 15 is 0 Å². The zero-order valence-corrected chi connectivity index (χ0v) is 12.6.